The fourth-order valence-electron chi connectivity index (χ4n) is 1.88. The first-order chi connectivity index (χ1) is 9.24. The van der Waals surface area contributed by atoms with E-state index in [-0.39, 0.29) is 6.04 Å². The molecule has 0 radical (unpaired) electrons. The molecule has 1 N–H and O–H groups in total. The smallest absolute Gasteiger partial charge is 0.259 e. The molecule has 1 fully saturated rings. The maximum atomic E-state index is 5.40. The molecule has 1 aliphatic heterocycles. The highest BCUT2D eigenvalue weighted by Crippen LogP contribution is 2.28. The highest BCUT2D eigenvalue weighted by molar-refractivity contribution is 14.1. The van der Waals surface area contributed by atoms with Crippen molar-refractivity contribution in [2.75, 3.05) is 19.8 Å². The number of hydrogen-bond acceptors (Lipinski definition) is 5. The van der Waals surface area contributed by atoms with Crippen molar-refractivity contribution in [3.8, 4) is 11.5 Å². The van der Waals surface area contributed by atoms with Gasteiger partial charge >= 0.3 is 0 Å². The third-order valence-corrected chi connectivity index (χ3v) is 4.27. The summed E-state index contributed by atoms with van der Waals surface area (Å²) in [5.74, 6) is 1.18. The molecule has 0 spiro atoms. The minimum absolute atomic E-state index is 0.0102. The van der Waals surface area contributed by atoms with E-state index >= 15 is 0 Å². The molecule has 3 rings (SSSR count). The van der Waals surface area contributed by atoms with Crippen molar-refractivity contribution in [1.82, 2.24) is 15.5 Å². The minimum Gasteiger partial charge on any atom is -0.378 e. The molecule has 2 aromatic rings. The van der Waals surface area contributed by atoms with Crippen LogP contribution in [-0.2, 0) is 4.74 Å². The zero-order chi connectivity index (χ0) is 13.2. The fourth-order valence-corrected chi connectivity index (χ4v) is 2.81. The molecule has 7 heteroatoms. The van der Waals surface area contributed by atoms with Gasteiger partial charge in [-0.05, 0) is 40.8 Å². The number of nitrogens with one attached hydrogen (secondary N) is 1. The standard InChI is InChI=1S/C12H11BrIN3O2/c13-7-1-2-9(14)8(5-7)12-16-11(17-19-12)10-6-18-4-3-15-10/h1-2,5,10,15H,3-4,6H2. The summed E-state index contributed by atoms with van der Waals surface area (Å²) >= 11 is 5.71. The summed E-state index contributed by atoms with van der Waals surface area (Å²) in [6.07, 6.45) is 0. The lowest BCUT2D eigenvalue weighted by Crippen LogP contribution is -2.35. The van der Waals surface area contributed by atoms with Gasteiger partial charge in [0.1, 0.15) is 0 Å². The Morgan fingerprint density at radius 2 is 2.32 bits per heavy atom. The third kappa shape index (κ3) is 2.99. The van der Waals surface area contributed by atoms with Gasteiger partial charge in [-0.25, -0.2) is 0 Å². The molecular weight excluding hydrogens is 425 g/mol. The van der Waals surface area contributed by atoms with Gasteiger partial charge in [0, 0.05) is 14.6 Å². The average Bonchev–Trinajstić information content (AvgIpc) is 2.92. The number of benzene rings is 1. The van der Waals surface area contributed by atoms with Crippen LogP contribution < -0.4 is 5.32 Å². The largest absolute Gasteiger partial charge is 0.378 e. The lowest BCUT2D eigenvalue weighted by atomic mass is 10.2. The molecule has 0 aliphatic carbocycles. The summed E-state index contributed by atoms with van der Waals surface area (Å²) in [5.41, 5.74) is 0.936. The monoisotopic (exact) mass is 435 g/mol. The molecule has 2 heterocycles. The Kier molecular flexibility index (Phi) is 4.15. The van der Waals surface area contributed by atoms with Crippen molar-refractivity contribution >= 4 is 38.5 Å². The fraction of sp³-hybridized carbons (Fsp3) is 0.333. The van der Waals surface area contributed by atoms with Gasteiger partial charge in [-0.15, -0.1) is 0 Å². The predicted molar refractivity (Wildman–Crippen MR) is 81.7 cm³/mol. The third-order valence-electron chi connectivity index (χ3n) is 2.83. The van der Waals surface area contributed by atoms with Crippen LogP contribution in [0.25, 0.3) is 11.5 Å². The van der Waals surface area contributed by atoms with Crippen LogP contribution >= 0.6 is 38.5 Å². The summed E-state index contributed by atoms with van der Waals surface area (Å²) in [5, 5.41) is 7.34. The van der Waals surface area contributed by atoms with Crippen LogP contribution in [0.3, 0.4) is 0 Å². The van der Waals surface area contributed by atoms with Gasteiger partial charge in [0.05, 0.1) is 24.8 Å². The summed E-state index contributed by atoms with van der Waals surface area (Å²) in [7, 11) is 0. The van der Waals surface area contributed by atoms with E-state index < -0.39 is 0 Å². The first-order valence-corrected chi connectivity index (χ1v) is 7.71. The van der Waals surface area contributed by atoms with Crippen molar-refractivity contribution in [2.24, 2.45) is 0 Å². The van der Waals surface area contributed by atoms with Crippen LogP contribution in [0, 0.1) is 3.57 Å². The number of ether oxygens (including phenoxy) is 1. The summed E-state index contributed by atoms with van der Waals surface area (Å²) in [4.78, 5) is 4.46. The number of morpholine rings is 1. The first kappa shape index (κ1) is 13.5. The Hall–Kier alpha value is -0.510. The van der Waals surface area contributed by atoms with Crippen molar-refractivity contribution in [3.63, 3.8) is 0 Å². The van der Waals surface area contributed by atoms with Gasteiger partial charge in [0.2, 0.25) is 0 Å². The molecule has 19 heavy (non-hydrogen) atoms. The highest BCUT2D eigenvalue weighted by Gasteiger charge is 2.22. The van der Waals surface area contributed by atoms with Crippen LogP contribution in [0.2, 0.25) is 0 Å². The zero-order valence-electron chi connectivity index (χ0n) is 9.90. The number of aromatic nitrogens is 2. The first-order valence-electron chi connectivity index (χ1n) is 5.84. The summed E-state index contributed by atoms with van der Waals surface area (Å²) in [6.45, 7) is 2.11. The maximum Gasteiger partial charge on any atom is 0.259 e. The lowest BCUT2D eigenvalue weighted by molar-refractivity contribution is 0.0734. The molecule has 0 bridgehead atoms. The second-order valence-corrected chi connectivity index (χ2v) is 6.24. The summed E-state index contributed by atoms with van der Waals surface area (Å²) in [6, 6.07) is 5.98. The second-order valence-electron chi connectivity index (χ2n) is 4.16. The van der Waals surface area contributed by atoms with Crippen LogP contribution in [0.4, 0.5) is 0 Å². The molecule has 0 amide bonds. The van der Waals surface area contributed by atoms with Gasteiger partial charge in [0.15, 0.2) is 5.82 Å². The van der Waals surface area contributed by atoms with E-state index in [2.05, 4.69) is 54.0 Å². The lowest BCUT2D eigenvalue weighted by Gasteiger charge is -2.20. The van der Waals surface area contributed by atoms with Crippen molar-refractivity contribution in [3.05, 3.63) is 32.1 Å². The molecule has 100 valence electrons. The predicted octanol–water partition coefficient (Wildman–Crippen LogP) is 2.76. The molecule has 1 aromatic heterocycles. The van der Waals surface area contributed by atoms with Gasteiger partial charge in [0.25, 0.3) is 5.89 Å². The average molecular weight is 436 g/mol. The van der Waals surface area contributed by atoms with Gasteiger partial charge < -0.3 is 14.6 Å². The van der Waals surface area contributed by atoms with E-state index in [4.69, 9.17) is 9.26 Å². The summed E-state index contributed by atoms with van der Waals surface area (Å²) < 4.78 is 12.8. The topological polar surface area (TPSA) is 60.2 Å². The molecule has 5 nitrogen and oxygen atoms in total. The van der Waals surface area contributed by atoms with E-state index in [1.54, 1.807) is 0 Å². The van der Waals surface area contributed by atoms with E-state index in [1.165, 1.54) is 0 Å². The normalized spacial score (nSPS) is 19.6. The number of halogens is 2. The maximum absolute atomic E-state index is 5.40. The second kappa shape index (κ2) is 5.86. The van der Waals surface area contributed by atoms with Crippen LogP contribution in [0.1, 0.15) is 11.9 Å². The van der Waals surface area contributed by atoms with Gasteiger partial charge in [-0.3, -0.25) is 0 Å². The Morgan fingerprint density at radius 3 is 3.11 bits per heavy atom. The van der Waals surface area contributed by atoms with E-state index in [0.29, 0.717) is 18.3 Å². The molecular formula is C12H11BrIN3O2. The highest BCUT2D eigenvalue weighted by atomic mass is 127. The van der Waals surface area contributed by atoms with Crippen LogP contribution in [0.15, 0.2) is 27.2 Å². The molecule has 1 aliphatic rings. The number of hydrogen-bond donors (Lipinski definition) is 1. The Balaban J connectivity index is 1.89. The van der Waals surface area contributed by atoms with Crippen LogP contribution in [-0.4, -0.2) is 29.9 Å². The van der Waals surface area contributed by atoms with Crippen molar-refractivity contribution in [1.29, 1.82) is 0 Å². The van der Waals surface area contributed by atoms with E-state index in [1.807, 2.05) is 18.2 Å². The van der Waals surface area contributed by atoms with Crippen LogP contribution in [0.5, 0.6) is 0 Å². The molecule has 1 saturated heterocycles. The van der Waals surface area contributed by atoms with E-state index in [9.17, 15) is 0 Å². The number of rotatable bonds is 2. The van der Waals surface area contributed by atoms with Crippen molar-refractivity contribution < 1.29 is 9.26 Å². The quantitative estimate of drug-likeness (QED) is 0.735. The van der Waals surface area contributed by atoms with Crippen molar-refractivity contribution in [2.45, 2.75) is 6.04 Å². The Labute approximate surface area is 132 Å². The van der Waals surface area contributed by atoms with E-state index in [0.717, 1.165) is 26.8 Å². The SMILES string of the molecule is Brc1ccc(I)c(-c2nc(C3COCCN3)no2)c1. The minimum atomic E-state index is 0.0102. The molecule has 0 saturated carbocycles. The zero-order valence-corrected chi connectivity index (χ0v) is 13.6. The molecule has 1 aromatic carbocycles. The Bertz CT molecular complexity index is 584. The Morgan fingerprint density at radius 1 is 1.42 bits per heavy atom. The van der Waals surface area contributed by atoms with Gasteiger partial charge in [-0.1, -0.05) is 21.1 Å². The molecule has 1 unspecified atom stereocenters. The van der Waals surface area contributed by atoms with Gasteiger partial charge in [-0.2, -0.15) is 4.98 Å². The molecule has 1 atom stereocenters. The number of nitrogens with zero attached hydrogens (tertiary/aromatic N) is 2.